The molecule has 1 fully saturated rings. The lowest BCUT2D eigenvalue weighted by atomic mass is 9.92. The fraction of sp³-hybridized carbons (Fsp3) is 0.545. The van der Waals surface area contributed by atoms with Crippen LogP contribution in [-0.4, -0.2) is 17.6 Å². The molecule has 2 unspecified atom stereocenters. The van der Waals surface area contributed by atoms with Gasteiger partial charge in [0.2, 0.25) is 0 Å². The number of rotatable bonds is 2. The zero-order chi connectivity index (χ0) is 9.10. The summed E-state index contributed by atoms with van der Waals surface area (Å²) in [4.78, 5) is 4.17. The van der Waals surface area contributed by atoms with Crippen molar-refractivity contribution in [1.82, 2.24) is 10.3 Å². The largest absolute Gasteiger partial charge is 0.313 e. The maximum atomic E-state index is 4.17. The number of aromatic nitrogens is 1. The number of hydrogen-bond donors (Lipinski definition) is 1. The predicted octanol–water partition coefficient (Wildman–Crippen LogP) is 1.94. The van der Waals surface area contributed by atoms with Crippen molar-refractivity contribution in [2.45, 2.75) is 31.7 Å². The van der Waals surface area contributed by atoms with E-state index in [9.17, 15) is 0 Å². The summed E-state index contributed by atoms with van der Waals surface area (Å²) in [6, 6.07) is 4.87. The lowest BCUT2D eigenvalue weighted by Gasteiger charge is -2.17. The minimum absolute atomic E-state index is 0.657. The van der Waals surface area contributed by atoms with Crippen molar-refractivity contribution in [3.8, 4) is 0 Å². The first-order valence-electron chi connectivity index (χ1n) is 5.05. The van der Waals surface area contributed by atoms with Gasteiger partial charge in [-0.1, -0.05) is 13.0 Å². The van der Waals surface area contributed by atoms with Gasteiger partial charge >= 0.3 is 0 Å². The van der Waals surface area contributed by atoms with Crippen LogP contribution in [0, 0.1) is 0 Å². The van der Waals surface area contributed by atoms with Gasteiger partial charge in [-0.2, -0.15) is 0 Å². The quantitative estimate of drug-likeness (QED) is 0.745. The molecule has 1 aromatic rings. The third kappa shape index (κ3) is 1.73. The van der Waals surface area contributed by atoms with E-state index in [1.54, 1.807) is 0 Å². The van der Waals surface area contributed by atoms with Crippen molar-refractivity contribution in [2.75, 3.05) is 6.54 Å². The second kappa shape index (κ2) is 3.88. The maximum Gasteiger partial charge on any atom is 0.0303 e. The minimum Gasteiger partial charge on any atom is -0.313 e. The Balaban J connectivity index is 2.16. The number of nitrogens with one attached hydrogen (secondary N) is 1. The highest BCUT2D eigenvalue weighted by Crippen LogP contribution is 2.28. The smallest absolute Gasteiger partial charge is 0.0303 e. The molecule has 0 aromatic carbocycles. The van der Waals surface area contributed by atoms with E-state index in [2.05, 4.69) is 23.3 Å². The Bertz CT molecular complexity index is 258. The molecule has 1 N–H and O–H groups in total. The van der Waals surface area contributed by atoms with Gasteiger partial charge in [0.15, 0.2) is 0 Å². The van der Waals surface area contributed by atoms with Crippen molar-refractivity contribution < 1.29 is 0 Å². The van der Waals surface area contributed by atoms with Crippen LogP contribution >= 0.6 is 0 Å². The SMILES string of the molecule is CCC1NCCC1c1cccnc1. The Morgan fingerprint density at radius 3 is 3.23 bits per heavy atom. The van der Waals surface area contributed by atoms with Crippen LogP contribution in [0.25, 0.3) is 0 Å². The average molecular weight is 176 g/mol. The summed E-state index contributed by atoms with van der Waals surface area (Å²) < 4.78 is 0. The number of nitrogens with zero attached hydrogens (tertiary/aromatic N) is 1. The van der Waals surface area contributed by atoms with Crippen LogP contribution in [-0.2, 0) is 0 Å². The molecule has 13 heavy (non-hydrogen) atoms. The molecule has 1 saturated heterocycles. The zero-order valence-corrected chi connectivity index (χ0v) is 8.03. The van der Waals surface area contributed by atoms with E-state index in [1.165, 1.54) is 18.4 Å². The fourth-order valence-electron chi connectivity index (χ4n) is 2.19. The molecule has 2 heteroatoms. The maximum absolute atomic E-state index is 4.17. The predicted molar refractivity (Wildman–Crippen MR) is 53.7 cm³/mol. The molecule has 70 valence electrons. The normalized spacial score (nSPS) is 27.8. The van der Waals surface area contributed by atoms with Gasteiger partial charge in [0.05, 0.1) is 0 Å². The molecule has 0 amide bonds. The van der Waals surface area contributed by atoms with Gasteiger partial charge in [0.25, 0.3) is 0 Å². The molecule has 0 aliphatic carbocycles. The first-order valence-corrected chi connectivity index (χ1v) is 5.05. The highest BCUT2D eigenvalue weighted by molar-refractivity contribution is 5.18. The van der Waals surface area contributed by atoms with E-state index < -0.39 is 0 Å². The molecule has 2 heterocycles. The van der Waals surface area contributed by atoms with Gasteiger partial charge in [0, 0.05) is 24.4 Å². The second-order valence-electron chi connectivity index (χ2n) is 3.65. The lowest BCUT2D eigenvalue weighted by Crippen LogP contribution is -2.24. The summed E-state index contributed by atoms with van der Waals surface area (Å²) in [5.74, 6) is 0.679. The van der Waals surface area contributed by atoms with Gasteiger partial charge in [0.1, 0.15) is 0 Å². The Morgan fingerprint density at radius 1 is 1.62 bits per heavy atom. The number of pyridine rings is 1. The third-order valence-corrected chi connectivity index (χ3v) is 2.90. The molecule has 0 spiro atoms. The standard InChI is InChI=1S/C11H16N2/c1-2-11-10(5-7-13-11)9-4-3-6-12-8-9/h3-4,6,8,10-11,13H,2,5,7H2,1H3. The Morgan fingerprint density at radius 2 is 2.54 bits per heavy atom. The van der Waals surface area contributed by atoms with Crippen LogP contribution in [0.1, 0.15) is 31.2 Å². The minimum atomic E-state index is 0.657. The van der Waals surface area contributed by atoms with Crippen molar-refractivity contribution in [3.05, 3.63) is 30.1 Å². The molecule has 0 bridgehead atoms. The van der Waals surface area contributed by atoms with E-state index in [1.807, 2.05) is 18.5 Å². The Labute approximate surface area is 79.4 Å². The van der Waals surface area contributed by atoms with Gasteiger partial charge in [-0.25, -0.2) is 0 Å². The van der Waals surface area contributed by atoms with E-state index in [4.69, 9.17) is 0 Å². The molecular formula is C11H16N2. The van der Waals surface area contributed by atoms with Crippen molar-refractivity contribution in [1.29, 1.82) is 0 Å². The summed E-state index contributed by atoms with van der Waals surface area (Å²) in [6.07, 6.45) is 6.30. The molecule has 2 rings (SSSR count). The summed E-state index contributed by atoms with van der Waals surface area (Å²) in [6.45, 7) is 3.39. The van der Waals surface area contributed by atoms with Crippen LogP contribution in [0.5, 0.6) is 0 Å². The molecule has 1 aliphatic rings. The topological polar surface area (TPSA) is 24.9 Å². The highest BCUT2D eigenvalue weighted by atomic mass is 14.9. The monoisotopic (exact) mass is 176 g/mol. The van der Waals surface area contributed by atoms with E-state index in [-0.39, 0.29) is 0 Å². The fourth-order valence-corrected chi connectivity index (χ4v) is 2.19. The van der Waals surface area contributed by atoms with Crippen LogP contribution < -0.4 is 5.32 Å². The Kier molecular flexibility index (Phi) is 2.60. The average Bonchev–Trinajstić information content (AvgIpc) is 2.67. The van der Waals surface area contributed by atoms with Gasteiger partial charge in [-0.05, 0) is 31.0 Å². The van der Waals surface area contributed by atoms with E-state index in [0.717, 1.165) is 6.54 Å². The molecular weight excluding hydrogens is 160 g/mol. The lowest BCUT2D eigenvalue weighted by molar-refractivity contribution is 0.530. The van der Waals surface area contributed by atoms with E-state index >= 15 is 0 Å². The van der Waals surface area contributed by atoms with Crippen LogP contribution in [0.3, 0.4) is 0 Å². The molecule has 2 nitrogen and oxygen atoms in total. The van der Waals surface area contributed by atoms with Gasteiger partial charge in [-0.3, -0.25) is 4.98 Å². The van der Waals surface area contributed by atoms with Crippen LogP contribution in [0.15, 0.2) is 24.5 Å². The first-order chi connectivity index (χ1) is 6.42. The first kappa shape index (κ1) is 8.70. The zero-order valence-electron chi connectivity index (χ0n) is 8.03. The van der Waals surface area contributed by atoms with Crippen LogP contribution in [0.4, 0.5) is 0 Å². The summed E-state index contributed by atoms with van der Waals surface area (Å²) in [5.41, 5.74) is 1.39. The van der Waals surface area contributed by atoms with Crippen molar-refractivity contribution in [2.24, 2.45) is 0 Å². The molecule has 0 saturated carbocycles. The van der Waals surface area contributed by atoms with Gasteiger partial charge < -0.3 is 5.32 Å². The second-order valence-corrected chi connectivity index (χ2v) is 3.65. The van der Waals surface area contributed by atoms with E-state index in [0.29, 0.717) is 12.0 Å². The third-order valence-electron chi connectivity index (χ3n) is 2.90. The van der Waals surface area contributed by atoms with Crippen LogP contribution in [0.2, 0.25) is 0 Å². The molecule has 1 aromatic heterocycles. The molecule has 2 atom stereocenters. The summed E-state index contributed by atoms with van der Waals surface area (Å²) in [5, 5.41) is 3.53. The van der Waals surface area contributed by atoms with Crippen molar-refractivity contribution in [3.63, 3.8) is 0 Å². The molecule has 1 aliphatic heterocycles. The molecule has 0 radical (unpaired) electrons. The van der Waals surface area contributed by atoms with Gasteiger partial charge in [-0.15, -0.1) is 0 Å². The highest BCUT2D eigenvalue weighted by Gasteiger charge is 2.26. The number of hydrogen-bond acceptors (Lipinski definition) is 2. The summed E-state index contributed by atoms with van der Waals surface area (Å²) in [7, 11) is 0. The summed E-state index contributed by atoms with van der Waals surface area (Å²) >= 11 is 0. The van der Waals surface area contributed by atoms with Crippen molar-refractivity contribution >= 4 is 0 Å². The Hall–Kier alpha value is -0.890.